The maximum Gasteiger partial charge on any atom is 0.319 e. The van der Waals surface area contributed by atoms with Gasteiger partial charge in [-0.3, -0.25) is 19.3 Å². The van der Waals surface area contributed by atoms with Crippen molar-refractivity contribution in [3.8, 4) is 0 Å². The lowest BCUT2D eigenvalue weighted by molar-refractivity contribution is -0.142. The molecule has 0 aromatic carbocycles. The van der Waals surface area contributed by atoms with E-state index in [9.17, 15) is 14.4 Å². The number of carbonyl (C=O) groups excluding carboxylic acids is 3. The molecule has 0 rings (SSSR count). The standard InChI is InChI=1S/C12H22N2O5/c1-4-14(9-12(17)19-3)8-10(15)13-7-5-6-11(16)18-2/h4-9H2,1-3H3,(H,13,15). The third kappa shape index (κ3) is 9.01. The van der Waals surface area contributed by atoms with Crippen LogP contribution < -0.4 is 5.32 Å². The van der Waals surface area contributed by atoms with Crippen LogP contribution in [0.2, 0.25) is 0 Å². The zero-order valence-electron chi connectivity index (χ0n) is 11.7. The molecule has 0 fully saturated rings. The van der Waals surface area contributed by atoms with Crippen LogP contribution in [0.15, 0.2) is 0 Å². The van der Waals surface area contributed by atoms with E-state index in [1.54, 1.807) is 4.90 Å². The first-order chi connectivity index (χ1) is 9.03. The number of likely N-dealkylation sites (N-methyl/N-ethyl adjacent to an activating group) is 1. The van der Waals surface area contributed by atoms with Gasteiger partial charge >= 0.3 is 11.9 Å². The van der Waals surface area contributed by atoms with Crippen molar-refractivity contribution in [2.45, 2.75) is 19.8 Å². The van der Waals surface area contributed by atoms with E-state index < -0.39 is 0 Å². The molecular weight excluding hydrogens is 252 g/mol. The van der Waals surface area contributed by atoms with Crippen molar-refractivity contribution < 1.29 is 23.9 Å². The summed E-state index contributed by atoms with van der Waals surface area (Å²) in [5, 5.41) is 2.68. The number of esters is 2. The van der Waals surface area contributed by atoms with Crippen LogP contribution in [0.25, 0.3) is 0 Å². The molecule has 0 saturated heterocycles. The smallest absolute Gasteiger partial charge is 0.319 e. The number of hydrogen-bond donors (Lipinski definition) is 1. The SMILES string of the molecule is CCN(CC(=O)NCCCC(=O)OC)CC(=O)OC. The van der Waals surface area contributed by atoms with Crippen LogP contribution in [-0.4, -0.2) is 63.1 Å². The van der Waals surface area contributed by atoms with Crippen molar-refractivity contribution in [2.24, 2.45) is 0 Å². The summed E-state index contributed by atoms with van der Waals surface area (Å²) in [5.74, 6) is -0.855. The number of nitrogens with zero attached hydrogens (tertiary/aromatic N) is 1. The van der Waals surface area contributed by atoms with Crippen LogP contribution in [0.3, 0.4) is 0 Å². The van der Waals surface area contributed by atoms with Gasteiger partial charge in [0.1, 0.15) is 0 Å². The first-order valence-corrected chi connectivity index (χ1v) is 6.16. The van der Waals surface area contributed by atoms with Gasteiger partial charge in [-0.15, -0.1) is 0 Å². The lowest BCUT2D eigenvalue weighted by Gasteiger charge is -2.18. The summed E-state index contributed by atoms with van der Waals surface area (Å²) in [6, 6.07) is 0. The average Bonchev–Trinajstić information content (AvgIpc) is 2.42. The summed E-state index contributed by atoms with van der Waals surface area (Å²) in [6.45, 7) is 3.05. The van der Waals surface area contributed by atoms with Gasteiger partial charge in [-0.1, -0.05) is 6.92 Å². The Balaban J connectivity index is 3.82. The maximum absolute atomic E-state index is 11.6. The minimum Gasteiger partial charge on any atom is -0.469 e. The molecule has 0 saturated carbocycles. The summed E-state index contributed by atoms with van der Waals surface area (Å²) in [4.78, 5) is 35.2. The van der Waals surface area contributed by atoms with Crippen LogP contribution in [0.1, 0.15) is 19.8 Å². The molecular formula is C12H22N2O5. The van der Waals surface area contributed by atoms with Crippen molar-refractivity contribution in [3.63, 3.8) is 0 Å². The predicted molar refractivity (Wildman–Crippen MR) is 68.4 cm³/mol. The Bertz CT molecular complexity index is 306. The summed E-state index contributed by atoms with van der Waals surface area (Å²) in [5.41, 5.74) is 0. The van der Waals surface area contributed by atoms with Gasteiger partial charge in [0.15, 0.2) is 0 Å². The Morgan fingerprint density at radius 1 is 1.05 bits per heavy atom. The first kappa shape index (κ1) is 17.4. The number of rotatable bonds is 9. The molecule has 1 amide bonds. The molecule has 0 atom stereocenters. The fourth-order valence-electron chi connectivity index (χ4n) is 1.35. The minimum absolute atomic E-state index is 0.0859. The molecule has 1 N–H and O–H groups in total. The van der Waals surface area contributed by atoms with Gasteiger partial charge < -0.3 is 14.8 Å². The number of nitrogens with one attached hydrogen (secondary N) is 1. The predicted octanol–water partition coefficient (Wildman–Crippen LogP) is -0.449. The highest BCUT2D eigenvalue weighted by molar-refractivity contribution is 5.79. The monoisotopic (exact) mass is 274 g/mol. The third-order valence-corrected chi connectivity index (χ3v) is 2.50. The van der Waals surface area contributed by atoms with Gasteiger partial charge in [0.2, 0.25) is 5.91 Å². The number of amides is 1. The summed E-state index contributed by atoms with van der Waals surface area (Å²) >= 11 is 0. The van der Waals surface area contributed by atoms with Crippen LogP contribution in [0.5, 0.6) is 0 Å². The molecule has 0 aliphatic carbocycles. The molecule has 0 aliphatic rings. The van der Waals surface area contributed by atoms with E-state index in [1.165, 1.54) is 14.2 Å². The second-order valence-corrected chi connectivity index (χ2v) is 3.91. The Hall–Kier alpha value is -1.63. The molecule has 7 heteroatoms. The van der Waals surface area contributed by atoms with Crippen LogP contribution in [-0.2, 0) is 23.9 Å². The van der Waals surface area contributed by atoms with E-state index in [-0.39, 0.29) is 37.4 Å². The third-order valence-electron chi connectivity index (χ3n) is 2.50. The van der Waals surface area contributed by atoms with E-state index in [0.717, 1.165) is 0 Å². The van der Waals surface area contributed by atoms with Crippen molar-refractivity contribution >= 4 is 17.8 Å². The van der Waals surface area contributed by atoms with Gasteiger partial charge in [0.05, 0.1) is 27.3 Å². The van der Waals surface area contributed by atoms with Crippen molar-refractivity contribution in [3.05, 3.63) is 0 Å². The first-order valence-electron chi connectivity index (χ1n) is 6.16. The molecule has 7 nitrogen and oxygen atoms in total. The number of hydrogen-bond acceptors (Lipinski definition) is 6. The number of carbonyl (C=O) groups is 3. The lowest BCUT2D eigenvalue weighted by atomic mass is 10.3. The molecule has 0 aromatic heterocycles. The average molecular weight is 274 g/mol. The van der Waals surface area contributed by atoms with Gasteiger partial charge in [0.25, 0.3) is 0 Å². The molecule has 0 spiro atoms. The Labute approximate surface area is 113 Å². The molecule has 0 unspecified atom stereocenters. The fourth-order valence-corrected chi connectivity index (χ4v) is 1.35. The molecule has 110 valence electrons. The fraction of sp³-hybridized carbons (Fsp3) is 0.750. The second kappa shape index (κ2) is 10.3. The molecule has 0 heterocycles. The molecule has 0 bridgehead atoms. The Morgan fingerprint density at radius 3 is 2.21 bits per heavy atom. The van der Waals surface area contributed by atoms with Crippen molar-refractivity contribution in [2.75, 3.05) is 40.4 Å². The summed E-state index contributed by atoms with van der Waals surface area (Å²) < 4.78 is 9.02. The van der Waals surface area contributed by atoms with E-state index in [0.29, 0.717) is 19.5 Å². The van der Waals surface area contributed by atoms with Crippen LogP contribution in [0.4, 0.5) is 0 Å². The van der Waals surface area contributed by atoms with E-state index >= 15 is 0 Å². The maximum atomic E-state index is 11.6. The highest BCUT2D eigenvalue weighted by Crippen LogP contribution is 1.92. The summed E-state index contributed by atoms with van der Waals surface area (Å²) in [6.07, 6.45) is 0.804. The zero-order valence-corrected chi connectivity index (χ0v) is 11.7. The number of ether oxygens (including phenoxy) is 2. The highest BCUT2D eigenvalue weighted by atomic mass is 16.5. The largest absolute Gasteiger partial charge is 0.469 e. The lowest BCUT2D eigenvalue weighted by Crippen LogP contribution is -2.40. The van der Waals surface area contributed by atoms with Gasteiger partial charge in [-0.05, 0) is 13.0 Å². The van der Waals surface area contributed by atoms with Crippen molar-refractivity contribution in [1.29, 1.82) is 0 Å². The molecule has 19 heavy (non-hydrogen) atoms. The molecule has 0 aliphatic heterocycles. The molecule has 0 radical (unpaired) electrons. The zero-order chi connectivity index (χ0) is 14.7. The quantitative estimate of drug-likeness (QED) is 0.453. The van der Waals surface area contributed by atoms with E-state index in [4.69, 9.17) is 0 Å². The Kier molecular flexibility index (Phi) is 9.42. The van der Waals surface area contributed by atoms with Gasteiger partial charge in [-0.2, -0.15) is 0 Å². The van der Waals surface area contributed by atoms with Gasteiger partial charge in [0, 0.05) is 13.0 Å². The van der Waals surface area contributed by atoms with Crippen molar-refractivity contribution in [1.82, 2.24) is 10.2 Å². The second-order valence-electron chi connectivity index (χ2n) is 3.91. The Morgan fingerprint density at radius 2 is 1.68 bits per heavy atom. The van der Waals surface area contributed by atoms with Gasteiger partial charge in [-0.25, -0.2) is 0 Å². The topological polar surface area (TPSA) is 84.9 Å². The van der Waals surface area contributed by atoms with E-state index in [1.807, 2.05) is 6.92 Å². The summed E-state index contributed by atoms with van der Waals surface area (Å²) in [7, 11) is 2.63. The van der Waals surface area contributed by atoms with E-state index in [2.05, 4.69) is 14.8 Å². The minimum atomic E-state index is -0.375. The molecule has 0 aromatic rings. The number of methoxy groups -OCH3 is 2. The highest BCUT2D eigenvalue weighted by Gasteiger charge is 2.12. The van der Waals surface area contributed by atoms with Crippen LogP contribution >= 0.6 is 0 Å². The normalized spacial score (nSPS) is 10.1. The van der Waals surface area contributed by atoms with Crippen LogP contribution in [0, 0.1) is 0 Å².